The van der Waals surface area contributed by atoms with Crippen LogP contribution in [0.3, 0.4) is 0 Å². The molecule has 6 aromatic carbocycles. The van der Waals surface area contributed by atoms with Gasteiger partial charge >= 0.3 is 6.85 Å². The summed E-state index contributed by atoms with van der Waals surface area (Å²) in [5.74, 6) is 0. The van der Waals surface area contributed by atoms with Crippen molar-refractivity contribution in [2.24, 2.45) is 0 Å². The standard InChI is InChI=1S/C44H35BN2O/c1-3-5-12-26-20-21-35-32(22-26)33-23-27(13-6-4-2)24-34-44(33)46(35)37-25-39-40(30-15-8-10-19-38(30)48-39)41-31-17-11-16-29-28-14-7-9-18-36(28)47(43(29)31)45(34)42(37)41/h7-11,14-25H,3-6,12-13H2,1-2H3. The first kappa shape index (κ1) is 26.8. The summed E-state index contributed by atoms with van der Waals surface area (Å²) in [5.41, 5.74) is 16.8. The third kappa shape index (κ3) is 3.30. The first-order chi connectivity index (χ1) is 23.7. The van der Waals surface area contributed by atoms with Crippen LogP contribution >= 0.6 is 0 Å². The molecule has 48 heavy (non-hydrogen) atoms. The third-order valence-electron chi connectivity index (χ3n) is 11.4. The van der Waals surface area contributed by atoms with E-state index in [4.69, 9.17) is 4.42 Å². The molecule has 0 saturated carbocycles. The van der Waals surface area contributed by atoms with Crippen molar-refractivity contribution in [2.75, 3.05) is 0 Å². The van der Waals surface area contributed by atoms with Crippen molar-refractivity contribution in [3.63, 3.8) is 0 Å². The van der Waals surface area contributed by atoms with E-state index in [0.29, 0.717) is 0 Å². The molecule has 4 heteroatoms. The van der Waals surface area contributed by atoms with E-state index in [-0.39, 0.29) is 6.85 Å². The van der Waals surface area contributed by atoms with Gasteiger partial charge in [-0.2, -0.15) is 0 Å². The minimum absolute atomic E-state index is 0.0470. The van der Waals surface area contributed by atoms with Crippen LogP contribution in [0.2, 0.25) is 0 Å². The fraction of sp³-hybridized carbons (Fsp3) is 0.182. The number of hydrogen-bond acceptors (Lipinski definition) is 1. The predicted molar refractivity (Wildman–Crippen MR) is 204 cm³/mol. The highest BCUT2D eigenvalue weighted by Gasteiger charge is 2.43. The van der Waals surface area contributed by atoms with Crippen LogP contribution in [0.5, 0.6) is 0 Å². The molecule has 3 aromatic heterocycles. The lowest BCUT2D eigenvalue weighted by molar-refractivity contribution is 0.669. The maximum Gasteiger partial charge on any atom is 0.333 e. The van der Waals surface area contributed by atoms with Gasteiger partial charge in [0.05, 0.1) is 11.0 Å². The fourth-order valence-electron chi connectivity index (χ4n) is 9.38. The Morgan fingerprint density at radius 2 is 1.38 bits per heavy atom. The quantitative estimate of drug-likeness (QED) is 0.170. The lowest BCUT2D eigenvalue weighted by Crippen LogP contribution is -2.55. The van der Waals surface area contributed by atoms with Crippen molar-refractivity contribution in [2.45, 2.75) is 52.4 Å². The number of aromatic nitrogens is 2. The van der Waals surface area contributed by atoms with Gasteiger partial charge in [-0.25, -0.2) is 0 Å². The summed E-state index contributed by atoms with van der Waals surface area (Å²) >= 11 is 0. The second-order valence-electron chi connectivity index (χ2n) is 14.1. The van der Waals surface area contributed by atoms with Crippen LogP contribution in [0, 0.1) is 0 Å². The molecule has 0 fully saturated rings. The summed E-state index contributed by atoms with van der Waals surface area (Å²) in [6.45, 7) is 4.64. The van der Waals surface area contributed by atoms with Gasteiger partial charge in [-0.1, -0.05) is 93.4 Å². The summed E-state index contributed by atoms with van der Waals surface area (Å²) in [6.07, 6.45) is 7.01. The van der Waals surface area contributed by atoms with Crippen molar-refractivity contribution in [1.29, 1.82) is 0 Å². The van der Waals surface area contributed by atoms with Crippen LogP contribution in [0.4, 0.5) is 0 Å². The van der Waals surface area contributed by atoms with E-state index >= 15 is 0 Å². The SMILES string of the molecule is CCCCc1ccc2c(c1)c1cc(CCCC)cc3c1n2-c1cc2oc4ccccc4c2c2c1B3n1c3ccccc3c3cccc-2c31. The molecule has 2 aliphatic heterocycles. The minimum Gasteiger partial charge on any atom is -0.456 e. The highest BCUT2D eigenvalue weighted by Crippen LogP contribution is 2.47. The Balaban J connectivity index is 1.38. The van der Waals surface area contributed by atoms with Crippen molar-refractivity contribution in [3.8, 4) is 16.8 Å². The van der Waals surface area contributed by atoms with Gasteiger partial charge in [-0.05, 0) is 83.6 Å². The van der Waals surface area contributed by atoms with Gasteiger partial charge in [0.25, 0.3) is 0 Å². The van der Waals surface area contributed by atoms with Gasteiger partial charge in [0.2, 0.25) is 0 Å². The first-order valence-electron chi connectivity index (χ1n) is 17.9. The molecule has 0 saturated heterocycles. The van der Waals surface area contributed by atoms with Crippen molar-refractivity contribution < 1.29 is 4.42 Å². The van der Waals surface area contributed by atoms with Gasteiger partial charge in [0.15, 0.2) is 0 Å². The van der Waals surface area contributed by atoms with Crippen molar-refractivity contribution in [1.82, 2.24) is 9.05 Å². The Morgan fingerprint density at radius 1 is 0.604 bits per heavy atom. The van der Waals surface area contributed by atoms with Crippen LogP contribution in [-0.4, -0.2) is 15.9 Å². The number of benzene rings is 6. The Labute approximate surface area is 279 Å². The molecule has 0 unspecified atom stereocenters. The van der Waals surface area contributed by atoms with Crippen LogP contribution in [0.1, 0.15) is 50.7 Å². The zero-order valence-corrected chi connectivity index (χ0v) is 27.4. The zero-order chi connectivity index (χ0) is 31.7. The maximum absolute atomic E-state index is 6.74. The number of hydrogen-bond donors (Lipinski definition) is 0. The van der Waals surface area contributed by atoms with Gasteiger partial charge in [-0.15, -0.1) is 0 Å². The molecule has 9 aromatic rings. The van der Waals surface area contributed by atoms with Crippen LogP contribution in [-0.2, 0) is 12.8 Å². The van der Waals surface area contributed by atoms with Gasteiger partial charge in [0, 0.05) is 60.7 Å². The van der Waals surface area contributed by atoms with Gasteiger partial charge < -0.3 is 13.5 Å². The number of nitrogens with zero attached hydrogens (tertiary/aromatic N) is 2. The third-order valence-corrected chi connectivity index (χ3v) is 11.4. The highest BCUT2D eigenvalue weighted by molar-refractivity contribution is 6.90. The highest BCUT2D eigenvalue weighted by atomic mass is 16.3. The molecular weight excluding hydrogens is 583 g/mol. The first-order valence-corrected chi connectivity index (χ1v) is 17.9. The lowest BCUT2D eigenvalue weighted by atomic mass is 9.45. The topological polar surface area (TPSA) is 23.0 Å². The molecular formula is C44H35BN2O. The van der Waals surface area contributed by atoms with E-state index < -0.39 is 0 Å². The smallest absolute Gasteiger partial charge is 0.333 e. The maximum atomic E-state index is 6.74. The van der Waals surface area contributed by atoms with E-state index in [1.54, 1.807) is 0 Å². The number of furan rings is 1. The molecule has 0 aliphatic carbocycles. The average molecular weight is 619 g/mol. The van der Waals surface area contributed by atoms with Gasteiger partial charge in [0.1, 0.15) is 11.2 Å². The van der Waals surface area contributed by atoms with Crippen LogP contribution < -0.4 is 10.9 Å². The number of rotatable bonds is 6. The molecule has 11 rings (SSSR count). The molecule has 0 amide bonds. The lowest BCUT2D eigenvalue weighted by Gasteiger charge is -2.34. The van der Waals surface area contributed by atoms with Crippen molar-refractivity contribution in [3.05, 3.63) is 114 Å². The van der Waals surface area contributed by atoms with E-state index in [1.165, 1.54) is 119 Å². The van der Waals surface area contributed by atoms with E-state index in [2.05, 4.69) is 126 Å². The summed E-state index contributed by atoms with van der Waals surface area (Å²) in [7, 11) is 0. The Hall–Kier alpha value is -5.22. The second kappa shape index (κ2) is 9.67. The molecule has 0 bridgehead atoms. The summed E-state index contributed by atoms with van der Waals surface area (Å²) in [6, 6.07) is 39.3. The summed E-state index contributed by atoms with van der Waals surface area (Å²) < 4.78 is 12.0. The number of aryl methyl sites for hydroxylation is 2. The largest absolute Gasteiger partial charge is 0.456 e. The predicted octanol–water partition coefficient (Wildman–Crippen LogP) is 10.4. The molecule has 0 spiro atoms. The van der Waals surface area contributed by atoms with E-state index in [0.717, 1.165) is 24.0 Å². The normalized spacial score (nSPS) is 13.2. The van der Waals surface area contributed by atoms with Crippen LogP contribution in [0.25, 0.3) is 82.4 Å². The fourth-order valence-corrected chi connectivity index (χ4v) is 9.38. The van der Waals surface area contributed by atoms with Crippen molar-refractivity contribution >= 4 is 83.3 Å². The van der Waals surface area contributed by atoms with Crippen LogP contribution in [0.15, 0.2) is 108 Å². The molecule has 0 radical (unpaired) electrons. The van der Waals surface area contributed by atoms with E-state index in [9.17, 15) is 0 Å². The molecule has 2 aliphatic rings. The minimum atomic E-state index is 0.0470. The summed E-state index contributed by atoms with van der Waals surface area (Å²) in [4.78, 5) is 0. The Bertz CT molecular complexity index is 2830. The molecule has 0 N–H and O–H groups in total. The Kier molecular flexibility index (Phi) is 5.40. The molecule has 3 nitrogen and oxygen atoms in total. The monoisotopic (exact) mass is 618 g/mol. The van der Waals surface area contributed by atoms with Gasteiger partial charge in [-0.3, -0.25) is 0 Å². The zero-order valence-electron chi connectivity index (χ0n) is 27.4. The van der Waals surface area contributed by atoms with E-state index in [1.807, 2.05) is 0 Å². The Morgan fingerprint density at radius 3 is 2.25 bits per heavy atom. The molecule has 0 atom stereocenters. The summed E-state index contributed by atoms with van der Waals surface area (Å²) in [5, 5.41) is 7.83. The number of unbranched alkanes of at least 4 members (excludes halogenated alkanes) is 2. The molecule has 230 valence electrons. The molecule has 5 heterocycles. The number of para-hydroxylation sites is 3. The second-order valence-corrected chi connectivity index (χ2v) is 14.1. The average Bonchev–Trinajstić information content (AvgIpc) is 3.78. The number of fused-ring (bicyclic) bond motifs is 14.